The molecule has 3 N–H and O–H groups in total. The molecule has 150 valence electrons. The lowest BCUT2D eigenvalue weighted by Crippen LogP contribution is -2.48. The Bertz CT molecular complexity index is 498. The van der Waals surface area contributed by atoms with Crippen molar-refractivity contribution in [3.63, 3.8) is 0 Å². The van der Waals surface area contributed by atoms with Crippen LogP contribution in [0.3, 0.4) is 0 Å². The maximum Gasteiger partial charge on any atom is 0.242 e. The summed E-state index contributed by atoms with van der Waals surface area (Å²) in [6, 6.07) is 0.458. The molecule has 0 aliphatic carbocycles. The zero-order valence-electron chi connectivity index (χ0n) is 17.2. The molecule has 8 nitrogen and oxygen atoms in total. The summed E-state index contributed by atoms with van der Waals surface area (Å²) in [6.45, 7) is 11.0. The summed E-state index contributed by atoms with van der Waals surface area (Å²) in [5.41, 5.74) is -0.292. The summed E-state index contributed by atoms with van der Waals surface area (Å²) in [4.78, 5) is 32.1. The number of carbonyl (C=O) groups is 2. The van der Waals surface area contributed by atoms with Gasteiger partial charge in [0.25, 0.3) is 0 Å². The molecule has 8 heteroatoms. The lowest BCUT2D eigenvalue weighted by molar-refractivity contribution is -0.127. The molecule has 0 aromatic carbocycles. The average Bonchev–Trinajstić information content (AvgIpc) is 2.99. The zero-order chi connectivity index (χ0) is 19.7. The van der Waals surface area contributed by atoms with Crippen molar-refractivity contribution >= 4 is 17.8 Å². The van der Waals surface area contributed by atoms with Crippen LogP contribution in [0.15, 0.2) is 4.99 Å². The quantitative estimate of drug-likeness (QED) is 0.435. The van der Waals surface area contributed by atoms with E-state index < -0.39 is 0 Å². The third-order valence-corrected chi connectivity index (χ3v) is 4.21. The van der Waals surface area contributed by atoms with E-state index in [1.807, 2.05) is 20.8 Å². The van der Waals surface area contributed by atoms with Crippen LogP contribution in [0.25, 0.3) is 0 Å². The topological polar surface area (TPSA) is 89.1 Å². The van der Waals surface area contributed by atoms with Crippen LogP contribution in [0.4, 0.5) is 0 Å². The Morgan fingerprint density at radius 3 is 2.50 bits per heavy atom. The first kappa shape index (κ1) is 22.2. The maximum absolute atomic E-state index is 12.0. The Kier molecular flexibility index (Phi) is 8.84. The van der Waals surface area contributed by atoms with E-state index in [1.165, 1.54) is 11.3 Å². The van der Waals surface area contributed by atoms with Crippen LogP contribution < -0.4 is 16.0 Å². The minimum atomic E-state index is -0.292. The van der Waals surface area contributed by atoms with E-state index in [-0.39, 0.29) is 30.4 Å². The van der Waals surface area contributed by atoms with E-state index in [0.29, 0.717) is 12.0 Å². The Hall–Kier alpha value is -1.83. The number of aliphatic imine (C=N–C) groups is 1. The van der Waals surface area contributed by atoms with Gasteiger partial charge in [0.2, 0.25) is 11.8 Å². The van der Waals surface area contributed by atoms with E-state index in [0.717, 1.165) is 26.1 Å². The number of carbonyl (C=O) groups excluding carboxylic acids is 2. The third-order valence-electron chi connectivity index (χ3n) is 4.21. The van der Waals surface area contributed by atoms with Gasteiger partial charge in [-0.3, -0.25) is 14.5 Å². The third kappa shape index (κ3) is 8.51. The lowest BCUT2D eigenvalue weighted by Gasteiger charge is -2.24. The second-order valence-corrected chi connectivity index (χ2v) is 7.91. The predicted octanol–water partition coefficient (Wildman–Crippen LogP) is 0.00880. The molecule has 1 fully saturated rings. The van der Waals surface area contributed by atoms with Crippen LogP contribution >= 0.6 is 0 Å². The van der Waals surface area contributed by atoms with Crippen LogP contribution in [-0.4, -0.2) is 86.0 Å². The number of hydrogen-bond donors (Lipinski definition) is 3. The molecule has 0 aromatic heterocycles. The van der Waals surface area contributed by atoms with E-state index in [4.69, 9.17) is 0 Å². The summed E-state index contributed by atoms with van der Waals surface area (Å²) >= 11 is 0. The van der Waals surface area contributed by atoms with Gasteiger partial charge in [-0.2, -0.15) is 0 Å². The highest BCUT2D eigenvalue weighted by molar-refractivity contribution is 5.88. The van der Waals surface area contributed by atoms with E-state index in [2.05, 4.69) is 32.8 Å². The average molecular weight is 369 g/mol. The molecule has 0 radical (unpaired) electrons. The monoisotopic (exact) mass is 368 g/mol. The first-order chi connectivity index (χ1) is 12.1. The van der Waals surface area contributed by atoms with Gasteiger partial charge in [0.1, 0.15) is 6.54 Å². The summed E-state index contributed by atoms with van der Waals surface area (Å²) in [7, 11) is 3.42. The number of rotatable bonds is 7. The van der Waals surface area contributed by atoms with Gasteiger partial charge in [-0.15, -0.1) is 0 Å². The van der Waals surface area contributed by atoms with Crippen LogP contribution in [0.1, 0.15) is 40.5 Å². The summed E-state index contributed by atoms with van der Waals surface area (Å²) < 4.78 is 0. The van der Waals surface area contributed by atoms with Gasteiger partial charge in [-0.1, -0.05) is 6.92 Å². The molecular formula is C18H36N6O2. The number of nitrogens with one attached hydrogen (secondary N) is 3. The number of likely N-dealkylation sites (tertiary alicyclic amines) is 1. The van der Waals surface area contributed by atoms with Crippen molar-refractivity contribution < 1.29 is 9.59 Å². The largest absolute Gasteiger partial charge is 0.355 e. The van der Waals surface area contributed by atoms with Gasteiger partial charge in [0.05, 0.1) is 6.54 Å². The summed E-state index contributed by atoms with van der Waals surface area (Å²) in [6.07, 6.45) is 2.35. The predicted molar refractivity (Wildman–Crippen MR) is 105 cm³/mol. The van der Waals surface area contributed by atoms with Crippen molar-refractivity contribution in [2.75, 3.05) is 46.8 Å². The van der Waals surface area contributed by atoms with Crippen LogP contribution in [0.2, 0.25) is 0 Å². The highest BCUT2D eigenvalue weighted by Crippen LogP contribution is 2.15. The second kappa shape index (κ2) is 10.4. The Labute approximate surface area is 157 Å². The van der Waals surface area contributed by atoms with Crippen molar-refractivity contribution in [3.8, 4) is 0 Å². The Morgan fingerprint density at radius 2 is 1.92 bits per heavy atom. The number of guanidine groups is 1. The zero-order valence-corrected chi connectivity index (χ0v) is 17.2. The van der Waals surface area contributed by atoms with E-state index in [1.54, 1.807) is 14.1 Å². The van der Waals surface area contributed by atoms with Crippen molar-refractivity contribution in [1.29, 1.82) is 0 Å². The van der Waals surface area contributed by atoms with Gasteiger partial charge in [-0.05, 0) is 46.7 Å². The standard InChI is InChI=1S/C18H36N6O2/c1-7-24-10-8-9-14(24)11-19-17(21-13-16(26)23(5)6)20-12-15(25)22-18(2,3)4/h14H,7-13H2,1-6H3,(H,22,25)(H2,19,20,21). The van der Waals surface area contributed by atoms with Crippen LogP contribution in [-0.2, 0) is 9.59 Å². The van der Waals surface area contributed by atoms with Crippen molar-refractivity contribution in [1.82, 2.24) is 25.8 Å². The number of nitrogens with zero attached hydrogens (tertiary/aromatic N) is 3. The molecule has 0 bridgehead atoms. The van der Waals surface area contributed by atoms with Gasteiger partial charge in [0, 0.05) is 32.2 Å². The lowest BCUT2D eigenvalue weighted by atomic mass is 10.1. The summed E-state index contributed by atoms with van der Waals surface area (Å²) in [5.74, 6) is 0.301. The molecule has 0 saturated carbocycles. The van der Waals surface area contributed by atoms with Crippen molar-refractivity contribution in [2.45, 2.75) is 52.1 Å². The smallest absolute Gasteiger partial charge is 0.242 e. The molecule has 1 aliphatic rings. The number of hydrogen-bond acceptors (Lipinski definition) is 4. The summed E-state index contributed by atoms with van der Waals surface area (Å²) in [5, 5.41) is 9.20. The van der Waals surface area contributed by atoms with Crippen molar-refractivity contribution in [2.24, 2.45) is 4.99 Å². The minimum Gasteiger partial charge on any atom is -0.355 e. The van der Waals surface area contributed by atoms with Gasteiger partial charge < -0.3 is 20.9 Å². The minimum absolute atomic E-state index is 0.0188. The molecule has 0 spiro atoms. The molecule has 1 rings (SSSR count). The molecule has 1 saturated heterocycles. The highest BCUT2D eigenvalue weighted by Gasteiger charge is 2.23. The van der Waals surface area contributed by atoms with E-state index in [9.17, 15) is 9.59 Å². The SMILES string of the molecule is CCN1CCCC1CNC(=NCC(=O)NC(C)(C)C)NCC(=O)N(C)C. The van der Waals surface area contributed by atoms with Crippen molar-refractivity contribution in [3.05, 3.63) is 0 Å². The van der Waals surface area contributed by atoms with Gasteiger partial charge in [-0.25, -0.2) is 4.99 Å². The first-order valence-corrected chi connectivity index (χ1v) is 9.39. The van der Waals surface area contributed by atoms with Crippen LogP contribution in [0, 0.1) is 0 Å². The molecule has 1 aliphatic heterocycles. The maximum atomic E-state index is 12.0. The molecular weight excluding hydrogens is 332 g/mol. The first-order valence-electron chi connectivity index (χ1n) is 9.39. The van der Waals surface area contributed by atoms with Gasteiger partial charge in [0.15, 0.2) is 5.96 Å². The normalized spacial score (nSPS) is 18.5. The fourth-order valence-corrected chi connectivity index (χ4v) is 2.86. The van der Waals surface area contributed by atoms with Crippen LogP contribution in [0.5, 0.6) is 0 Å². The molecule has 1 heterocycles. The molecule has 26 heavy (non-hydrogen) atoms. The second-order valence-electron chi connectivity index (χ2n) is 7.91. The Balaban J connectivity index is 2.63. The highest BCUT2D eigenvalue weighted by atomic mass is 16.2. The Morgan fingerprint density at radius 1 is 1.23 bits per heavy atom. The molecule has 2 amide bonds. The molecule has 1 unspecified atom stereocenters. The number of amides is 2. The molecule has 0 aromatic rings. The molecule has 1 atom stereocenters. The van der Waals surface area contributed by atoms with Gasteiger partial charge >= 0.3 is 0 Å². The van der Waals surface area contributed by atoms with E-state index >= 15 is 0 Å². The fourth-order valence-electron chi connectivity index (χ4n) is 2.86. The fraction of sp³-hybridized carbons (Fsp3) is 0.833. The number of likely N-dealkylation sites (N-methyl/N-ethyl adjacent to an activating group) is 2.